The van der Waals surface area contributed by atoms with Gasteiger partial charge in [0.2, 0.25) is 11.8 Å². The quantitative estimate of drug-likeness (QED) is 0.679. The maximum atomic E-state index is 12.0. The Balaban J connectivity index is 2.25. The number of carbonyl (C=O) groups excluding carboxylic acids is 2. The molecule has 1 aliphatic carbocycles. The van der Waals surface area contributed by atoms with Gasteiger partial charge in [-0.15, -0.1) is 0 Å². The smallest absolute Gasteiger partial charge is 0.222 e. The zero-order valence-electron chi connectivity index (χ0n) is 11.2. The van der Waals surface area contributed by atoms with Crippen LogP contribution in [0, 0.1) is 0 Å². The van der Waals surface area contributed by atoms with Crippen molar-refractivity contribution < 1.29 is 9.59 Å². The second kappa shape index (κ2) is 6.62. The van der Waals surface area contributed by atoms with E-state index in [9.17, 15) is 9.59 Å². The van der Waals surface area contributed by atoms with Crippen LogP contribution < -0.4 is 0 Å². The average Bonchev–Trinajstić information content (AvgIpc) is 3.09. The molecule has 1 aliphatic rings. The Morgan fingerprint density at radius 2 is 1.71 bits per heavy atom. The van der Waals surface area contributed by atoms with Gasteiger partial charge in [-0.2, -0.15) is 0 Å². The molecular formula is C13H24N2O2. The summed E-state index contributed by atoms with van der Waals surface area (Å²) in [6.07, 6.45) is 4.98. The van der Waals surface area contributed by atoms with Gasteiger partial charge in [-0.1, -0.05) is 6.92 Å². The molecule has 1 fully saturated rings. The van der Waals surface area contributed by atoms with E-state index in [0.29, 0.717) is 25.3 Å². The lowest BCUT2D eigenvalue weighted by Gasteiger charge is -2.21. The standard InChI is InChI=1S/C13H24N2O2/c1-4-10-15(11-8-9-11)13(17)7-5-6-12(16)14(2)3/h11H,4-10H2,1-3H3. The molecule has 0 radical (unpaired) electrons. The molecule has 98 valence electrons. The third-order valence-corrected chi connectivity index (χ3v) is 3.05. The minimum atomic E-state index is 0.103. The van der Waals surface area contributed by atoms with Crippen LogP contribution >= 0.6 is 0 Å². The summed E-state index contributed by atoms with van der Waals surface area (Å²) < 4.78 is 0. The van der Waals surface area contributed by atoms with Crippen molar-refractivity contribution >= 4 is 11.8 Å². The number of hydrogen-bond donors (Lipinski definition) is 0. The second-order valence-corrected chi connectivity index (χ2v) is 4.96. The first-order valence-corrected chi connectivity index (χ1v) is 6.56. The van der Waals surface area contributed by atoms with Crippen LogP contribution in [0.5, 0.6) is 0 Å². The van der Waals surface area contributed by atoms with E-state index in [1.54, 1.807) is 19.0 Å². The molecule has 4 heteroatoms. The largest absolute Gasteiger partial charge is 0.349 e. The third kappa shape index (κ3) is 4.75. The van der Waals surface area contributed by atoms with E-state index in [-0.39, 0.29) is 11.8 Å². The van der Waals surface area contributed by atoms with Crippen LogP contribution in [-0.4, -0.2) is 48.3 Å². The van der Waals surface area contributed by atoms with Crippen molar-refractivity contribution in [2.75, 3.05) is 20.6 Å². The minimum Gasteiger partial charge on any atom is -0.349 e. The first kappa shape index (κ1) is 14.0. The molecule has 0 saturated heterocycles. The van der Waals surface area contributed by atoms with Crippen LogP contribution in [0.4, 0.5) is 0 Å². The fourth-order valence-electron chi connectivity index (χ4n) is 1.90. The van der Waals surface area contributed by atoms with Gasteiger partial charge in [-0.25, -0.2) is 0 Å². The lowest BCUT2D eigenvalue weighted by molar-refractivity contribution is -0.132. The lowest BCUT2D eigenvalue weighted by Crippen LogP contribution is -2.33. The lowest BCUT2D eigenvalue weighted by atomic mass is 10.2. The highest BCUT2D eigenvalue weighted by molar-refractivity contribution is 5.79. The van der Waals surface area contributed by atoms with Crippen molar-refractivity contribution in [3.63, 3.8) is 0 Å². The van der Waals surface area contributed by atoms with Gasteiger partial charge in [-0.05, 0) is 25.7 Å². The van der Waals surface area contributed by atoms with E-state index in [0.717, 1.165) is 25.8 Å². The first-order valence-electron chi connectivity index (χ1n) is 6.56. The normalized spacial score (nSPS) is 14.5. The number of hydrogen-bond acceptors (Lipinski definition) is 2. The predicted molar refractivity (Wildman–Crippen MR) is 67.6 cm³/mol. The zero-order chi connectivity index (χ0) is 12.8. The average molecular weight is 240 g/mol. The number of carbonyl (C=O) groups is 2. The van der Waals surface area contributed by atoms with Crippen LogP contribution in [0.2, 0.25) is 0 Å². The molecule has 0 spiro atoms. The summed E-state index contributed by atoms with van der Waals surface area (Å²) in [6.45, 7) is 2.96. The Morgan fingerprint density at radius 1 is 1.12 bits per heavy atom. The topological polar surface area (TPSA) is 40.6 Å². The highest BCUT2D eigenvalue weighted by Gasteiger charge is 2.31. The SMILES string of the molecule is CCCN(C(=O)CCCC(=O)N(C)C)C1CC1. The number of rotatable bonds is 7. The molecule has 0 N–H and O–H groups in total. The Labute approximate surface area is 104 Å². The van der Waals surface area contributed by atoms with Crippen molar-refractivity contribution in [2.45, 2.75) is 51.5 Å². The predicted octanol–water partition coefficient (Wildman–Crippen LogP) is 1.65. The second-order valence-electron chi connectivity index (χ2n) is 4.96. The van der Waals surface area contributed by atoms with E-state index >= 15 is 0 Å². The number of amides is 2. The van der Waals surface area contributed by atoms with Gasteiger partial charge < -0.3 is 9.80 Å². The Morgan fingerprint density at radius 3 is 2.18 bits per heavy atom. The molecule has 0 aromatic carbocycles. The molecule has 0 bridgehead atoms. The van der Waals surface area contributed by atoms with Crippen LogP contribution in [-0.2, 0) is 9.59 Å². The van der Waals surface area contributed by atoms with Gasteiger partial charge in [0.15, 0.2) is 0 Å². The molecule has 0 aliphatic heterocycles. The molecule has 1 saturated carbocycles. The van der Waals surface area contributed by atoms with Gasteiger partial charge >= 0.3 is 0 Å². The Bertz CT molecular complexity index is 273. The fraction of sp³-hybridized carbons (Fsp3) is 0.846. The maximum Gasteiger partial charge on any atom is 0.222 e. The summed E-state index contributed by atoms with van der Waals surface area (Å²) in [4.78, 5) is 26.9. The van der Waals surface area contributed by atoms with Gasteiger partial charge in [0, 0.05) is 39.5 Å². The van der Waals surface area contributed by atoms with E-state index in [1.165, 1.54) is 0 Å². The Kier molecular flexibility index (Phi) is 5.45. The molecule has 0 unspecified atom stereocenters. The van der Waals surface area contributed by atoms with Crippen molar-refractivity contribution in [3.05, 3.63) is 0 Å². The Hall–Kier alpha value is -1.06. The maximum absolute atomic E-state index is 12.0. The van der Waals surface area contributed by atoms with Crippen LogP contribution in [0.1, 0.15) is 45.4 Å². The van der Waals surface area contributed by atoms with Gasteiger partial charge in [-0.3, -0.25) is 9.59 Å². The molecule has 0 heterocycles. The van der Waals surface area contributed by atoms with Crippen molar-refractivity contribution in [2.24, 2.45) is 0 Å². The highest BCUT2D eigenvalue weighted by Crippen LogP contribution is 2.27. The van der Waals surface area contributed by atoms with Crippen LogP contribution in [0.25, 0.3) is 0 Å². The summed E-state index contributed by atoms with van der Waals surface area (Å²) in [5.41, 5.74) is 0. The van der Waals surface area contributed by atoms with Crippen LogP contribution in [0.3, 0.4) is 0 Å². The van der Waals surface area contributed by atoms with Gasteiger partial charge in [0.1, 0.15) is 0 Å². The molecule has 4 nitrogen and oxygen atoms in total. The first-order chi connectivity index (χ1) is 8.06. The molecule has 1 rings (SSSR count). The van der Waals surface area contributed by atoms with E-state index in [4.69, 9.17) is 0 Å². The zero-order valence-corrected chi connectivity index (χ0v) is 11.2. The van der Waals surface area contributed by atoms with Crippen molar-refractivity contribution in [3.8, 4) is 0 Å². The van der Waals surface area contributed by atoms with Crippen LogP contribution in [0.15, 0.2) is 0 Å². The monoisotopic (exact) mass is 240 g/mol. The summed E-state index contributed by atoms with van der Waals surface area (Å²) in [5.74, 6) is 0.326. The van der Waals surface area contributed by atoms with Gasteiger partial charge in [0.25, 0.3) is 0 Å². The fourth-order valence-corrected chi connectivity index (χ4v) is 1.90. The van der Waals surface area contributed by atoms with Gasteiger partial charge in [0.05, 0.1) is 0 Å². The van der Waals surface area contributed by atoms with E-state index < -0.39 is 0 Å². The molecule has 0 atom stereocenters. The third-order valence-electron chi connectivity index (χ3n) is 3.05. The molecule has 17 heavy (non-hydrogen) atoms. The summed E-state index contributed by atoms with van der Waals surface area (Å²) in [6, 6.07) is 0.493. The number of nitrogens with zero attached hydrogens (tertiary/aromatic N) is 2. The molecular weight excluding hydrogens is 216 g/mol. The highest BCUT2D eigenvalue weighted by atomic mass is 16.2. The van der Waals surface area contributed by atoms with Crippen molar-refractivity contribution in [1.82, 2.24) is 9.80 Å². The summed E-state index contributed by atoms with van der Waals surface area (Å²) in [7, 11) is 3.50. The molecule has 0 aromatic heterocycles. The van der Waals surface area contributed by atoms with Crippen molar-refractivity contribution in [1.29, 1.82) is 0 Å². The summed E-state index contributed by atoms with van der Waals surface area (Å²) in [5, 5.41) is 0. The molecule has 0 aromatic rings. The minimum absolute atomic E-state index is 0.103. The van der Waals surface area contributed by atoms with E-state index in [1.807, 2.05) is 4.90 Å². The summed E-state index contributed by atoms with van der Waals surface area (Å²) >= 11 is 0. The molecule has 2 amide bonds. The van der Waals surface area contributed by atoms with E-state index in [2.05, 4.69) is 6.92 Å².